The van der Waals surface area contributed by atoms with Gasteiger partial charge in [-0.05, 0) is 32.9 Å². The average Bonchev–Trinajstić information content (AvgIpc) is 3.29. The number of nitrogens with zero attached hydrogens (tertiary/aromatic N) is 2. The van der Waals surface area contributed by atoms with Crippen LogP contribution in [-0.2, 0) is 19.4 Å². The van der Waals surface area contributed by atoms with Crippen molar-refractivity contribution in [2.45, 2.75) is 37.7 Å². The highest BCUT2D eigenvalue weighted by Crippen LogP contribution is 2.43. The third-order valence-corrected chi connectivity index (χ3v) is 7.91. The van der Waals surface area contributed by atoms with Crippen molar-refractivity contribution in [2.75, 3.05) is 29.7 Å². The minimum absolute atomic E-state index is 0.0206. The Hall–Kier alpha value is -2.47. The molecular weight excluding hydrogens is 446 g/mol. The van der Waals surface area contributed by atoms with Gasteiger partial charge < -0.3 is 24.4 Å². The number of hydrogen-bond acceptors (Lipinski definition) is 8. The first-order valence-electron chi connectivity index (χ1n) is 9.65. The van der Waals surface area contributed by atoms with Crippen molar-refractivity contribution in [3.63, 3.8) is 0 Å². The molecule has 0 spiro atoms. The van der Waals surface area contributed by atoms with Gasteiger partial charge >= 0.3 is 6.09 Å². The highest BCUT2D eigenvalue weighted by atomic mass is 32.2. The van der Waals surface area contributed by atoms with Crippen LogP contribution >= 0.6 is 11.8 Å². The van der Waals surface area contributed by atoms with Crippen molar-refractivity contribution in [1.29, 1.82) is 0 Å². The van der Waals surface area contributed by atoms with Gasteiger partial charge in [0.25, 0.3) is 5.91 Å². The fraction of sp³-hybridized carbons (Fsp3) is 0.526. The van der Waals surface area contributed by atoms with Crippen LogP contribution in [0.15, 0.2) is 23.2 Å². The third kappa shape index (κ3) is 4.90. The lowest BCUT2D eigenvalue weighted by Crippen LogP contribution is -2.38. The van der Waals surface area contributed by atoms with Gasteiger partial charge in [0.1, 0.15) is 12.1 Å². The molecule has 0 saturated carbocycles. The number of fused-ring (bicyclic) bond motifs is 2. The summed E-state index contributed by atoms with van der Waals surface area (Å²) in [6.07, 6.45) is -0.712. The lowest BCUT2D eigenvalue weighted by atomic mass is 10.2. The molecule has 4 rings (SSSR count). The van der Waals surface area contributed by atoms with E-state index in [4.69, 9.17) is 14.2 Å². The molecule has 0 aliphatic carbocycles. The van der Waals surface area contributed by atoms with Crippen LogP contribution in [0.25, 0.3) is 0 Å². The number of rotatable bonds is 3. The number of anilines is 1. The highest BCUT2D eigenvalue weighted by molar-refractivity contribution is 8.16. The molecule has 12 heteroatoms. The molecule has 0 bridgehead atoms. The van der Waals surface area contributed by atoms with Crippen LogP contribution in [0.4, 0.5) is 10.5 Å². The van der Waals surface area contributed by atoms with Gasteiger partial charge in [0.05, 0.1) is 17.5 Å². The zero-order valence-corrected chi connectivity index (χ0v) is 18.9. The van der Waals surface area contributed by atoms with Gasteiger partial charge in [0.15, 0.2) is 26.5 Å². The maximum atomic E-state index is 12.4. The monoisotopic (exact) mass is 469 g/mol. The lowest BCUT2D eigenvalue weighted by Gasteiger charge is -2.24. The number of alkyl carbamates (subject to hydrolysis) is 1. The summed E-state index contributed by atoms with van der Waals surface area (Å²) in [4.78, 5) is 30.1. The number of sulfone groups is 1. The van der Waals surface area contributed by atoms with Crippen LogP contribution in [0.5, 0.6) is 11.5 Å². The van der Waals surface area contributed by atoms with E-state index in [2.05, 4.69) is 10.3 Å². The number of nitrogens with one attached hydrogen (secondary N) is 1. The number of ether oxygens (including phenoxy) is 3. The van der Waals surface area contributed by atoms with Gasteiger partial charge in [-0.1, -0.05) is 11.8 Å². The summed E-state index contributed by atoms with van der Waals surface area (Å²) in [6.45, 7) is 4.95. The van der Waals surface area contributed by atoms with Crippen LogP contribution in [0.2, 0.25) is 0 Å². The van der Waals surface area contributed by atoms with Crippen molar-refractivity contribution >= 4 is 44.5 Å². The van der Waals surface area contributed by atoms with E-state index in [0.29, 0.717) is 22.4 Å². The molecule has 2 amide bonds. The predicted octanol–water partition coefficient (Wildman–Crippen LogP) is 1.54. The summed E-state index contributed by atoms with van der Waals surface area (Å²) >= 11 is 1.25. The molecule has 0 radical (unpaired) electrons. The van der Waals surface area contributed by atoms with Crippen LogP contribution in [0.1, 0.15) is 20.8 Å². The molecule has 2 unspecified atom stereocenters. The summed E-state index contributed by atoms with van der Waals surface area (Å²) in [5.74, 6) is 0.572. The molecule has 31 heavy (non-hydrogen) atoms. The number of benzene rings is 1. The Bertz CT molecular complexity index is 1050. The molecule has 10 nitrogen and oxygen atoms in total. The first-order valence-corrected chi connectivity index (χ1v) is 12.4. The van der Waals surface area contributed by atoms with Crippen LogP contribution in [0, 0.1) is 0 Å². The number of hydrogen-bond donors (Lipinski definition) is 1. The molecule has 1 N–H and O–H groups in total. The maximum absolute atomic E-state index is 12.4. The molecule has 168 valence electrons. The second kappa shape index (κ2) is 7.90. The molecule has 2 saturated heterocycles. The average molecular weight is 470 g/mol. The number of aliphatic imine (C=N–C) groups is 1. The Morgan fingerprint density at radius 1 is 1.26 bits per heavy atom. The Kier molecular flexibility index (Phi) is 5.54. The summed E-state index contributed by atoms with van der Waals surface area (Å²) in [6, 6.07) is 4.92. The highest BCUT2D eigenvalue weighted by Gasteiger charge is 2.49. The van der Waals surface area contributed by atoms with E-state index in [0.717, 1.165) is 0 Å². The van der Waals surface area contributed by atoms with Gasteiger partial charge in [0.2, 0.25) is 6.79 Å². The Balaban J connectivity index is 1.54. The van der Waals surface area contributed by atoms with Crippen molar-refractivity contribution in [3.05, 3.63) is 18.2 Å². The minimum atomic E-state index is -3.18. The first-order chi connectivity index (χ1) is 14.5. The maximum Gasteiger partial charge on any atom is 0.408 e. The number of carbonyl (C=O) groups excluding carboxylic acids is 2. The van der Waals surface area contributed by atoms with Crippen molar-refractivity contribution in [2.24, 2.45) is 4.99 Å². The van der Waals surface area contributed by atoms with Crippen LogP contribution < -0.4 is 19.7 Å². The SMILES string of the molecule is CC(C)(C)OC(=O)NCC(=O)N=C1SC2CS(=O)(=O)CC2N1c1ccc2c(c1)OCO2. The fourth-order valence-corrected chi connectivity index (χ4v) is 7.44. The quantitative estimate of drug-likeness (QED) is 0.702. The van der Waals surface area contributed by atoms with Gasteiger partial charge in [-0.3, -0.25) is 4.79 Å². The smallest absolute Gasteiger partial charge is 0.408 e. The summed E-state index contributed by atoms with van der Waals surface area (Å²) in [7, 11) is -3.18. The Labute approximate surface area is 184 Å². The summed E-state index contributed by atoms with van der Waals surface area (Å²) in [5.41, 5.74) is -0.0209. The Morgan fingerprint density at radius 2 is 2.00 bits per heavy atom. The van der Waals surface area contributed by atoms with E-state index in [1.54, 1.807) is 43.9 Å². The molecule has 3 heterocycles. The molecule has 3 aliphatic heterocycles. The number of amidine groups is 1. The van der Waals surface area contributed by atoms with E-state index in [9.17, 15) is 18.0 Å². The van der Waals surface area contributed by atoms with Gasteiger partial charge in [-0.25, -0.2) is 13.2 Å². The van der Waals surface area contributed by atoms with E-state index in [1.165, 1.54) is 11.8 Å². The largest absolute Gasteiger partial charge is 0.454 e. The number of carbonyl (C=O) groups is 2. The number of amides is 2. The fourth-order valence-electron chi connectivity index (χ4n) is 3.51. The van der Waals surface area contributed by atoms with E-state index < -0.39 is 27.4 Å². The zero-order valence-electron chi connectivity index (χ0n) is 17.3. The second-order valence-electron chi connectivity index (χ2n) is 8.35. The molecule has 1 aromatic rings. The summed E-state index contributed by atoms with van der Waals surface area (Å²) in [5, 5.41) is 2.54. The molecule has 2 fully saturated rings. The van der Waals surface area contributed by atoms with Gasteiger partial charge in [-0.15, -0.1) is 0 Å². The normalized spacial score (nSPS) is 24.9. The topological polar surface area (TPSA) is 124 Å². The third-order valence-electron chi connectivity index (χ3n) is 4.70. The van der Waals surface area contributed by atoms with Gasteiger partial charge in [-0.2, -0.15) is 4.99 Å². The zero-order chi connectivity index (χ0) is 22.4. The van der Waals surface area contributed by atoms with Gasteiger partial charge in [0, 0.05) is 17.0 Å². The van der Waals surface area contributed by atoms with Crippen molar-refractivity contribution in [3.8, 4) is 11.5 Å². The minimum Gasteiger partial charge on any atom is -0.454 e. The molecule has 0 aromatic heterocycles. The molecule has 3 aliphatic rings. The molecule has 1 aromatic carbocycles. The first kappa shape index (κ1) is 21.8. The Morgan fingerprint density at radius 3 is 2.74 bits per heavy atom. The van der Waals surface area contributed by atoms with Crippen LogP contribution in [-0.4, -0.2) is 67.3 Å². The summed E-state index contributed by atoms with van der Waals surface area (Å²) < 4.78 is 40.2. The molecule has 2 atom stereocenters. The van der Waals surface area contributed by atoms with Crippen LogP contribution in [0.3, 0.4) is 0 Å². The standard InChI is InChI=1S/C19H23N3O7S2/c1-19(2,3)29-18(24)20-7-16(23)21-17-22(12-8-31(25,26)9-15(12)30-17)11-4-5-13-14(6-11)28-10-27-13/h4-6,12,15H,7-10H2,1-3H3,(H,20,24). The van der Waals surface area contributed by atoms with Crippen molar-refractivity contribution < 1.29 is 32.2 Å². The number of thioether (sulfide) groups is 1. The lowest BCUT2D eigenvalue weighted by molar-refractivity contribution is -0.117. The van der Waals surface area contributed by atoms with E-state index in [1.807, 2.05) is 0 Å². The van der Waals surface area contributed by atoms with E-state index in [-0.39, 0.29) is 36.1 Å². The van der Waals surface area contributed by atoms with E-state index >= 15 is 0 Å². The second-order valence-corrected chi connectivity index (χ2v) is 11.7. The predicted molar refractivity (Wildman–Crippen MR) is 116 cm³/mol. The molecular formula is C19H23N3O7S2. The van der Waals surface area contributed by atoms with Crippen molar-refractivity contribution in [1.82, 2.24) is 5.32 Å².